The maximum absolute atomic E-state index is 13.7. The molecular weight excluding hydrogens is 315 g/mol. The minimum atomic E-state index is -1.50. The third-order valence-corrected chi connectivity index (χ3v) is 3.90. The molecule has 1 aromatic rings. The lowest BCUT2D eigenvalue weighted by molar-refractivity contribution is -0.142. The molecule has 0 radical (unpaired) electrons. The molecule has 1 saturated heterocycles. The fourth-order valence-corrected chi connectivity index (χ4v) is 2.77. The monoisotopic (exact) mass is 330 g/mol. The lowest BCUT2D eigenvalue weighted by Gasteiger charge is -2.37. The predicted octanol–water partition coefficient (Wildman–Crippen LogP) is 1.40. The van der Waals surface area contributed by atoms with E-state index in [0.717, 1.165) is 4.47 Å². The van der Waals surface area contributed by atoms with E-state index in [2.05, 4.69) is 15.9 Å². The number of carbonyl (C=O) groups is 1. The summed E-state index contributed by atoms with van der Waals surface area (Å²) in [5.41, 5.74) is 4.25. The van der Waals surface area contributed by atoms with Gasteiger partial charge in [0, 0.05) is 23.1 Å². The molecule has 0 spiro atoms. The van der Waals surface area contributed by atoms with Crippen LogP contribution in [0.15, 0.2) is 22.7 Å². The van der Waals surface area contributed by atoms with Crippen molar-refractivity contribution >= 4 is 21.8 Å². The Morgan fingerprint density at radius 1 is 1.58 bits per heavy atom. The van der Waals surface area contributed by atoms with Gasteiger partial charge in [0.05, 0.1) is 0 Å². The molecule has 104 valence electrons. The number of likely N-dealkylation sites (tertiary alicyclic amines) is 1. The van der Waals surface area contributed by atoms with Crippen LogP contribution >= 0.6 is 15.9 Å². The maximum Gasteiger partial charge on any atom is 0.250 e. The molecule has 0 saturated carbocycles. The van der Waals surface area contributed by atoms with Gasteiger partial charge in [0.2, 0.25) is 0 Å². The second-order valence-electron chi connectivity index (χ2n) is 4.95. The molecule has 1 aromatic carbocycles. The summed E-state index contributed by atoms with van der Waals surface area (Å²) < 4.78 is 14.5. The molecule has 1 unspecified atom stereocenters. The van der Waals surface area contributed by atoms with Crippen molar-refractivity contribution in [2.75, 3.05) is 13.1 Å². The number of β-amino-alcohol motifs (C(OH)–C–C–N with tert-alkyl or cyclic N) is 1. The van der Waals surface area contributed by atoms with Crippen molar-refractivity contribution in [3.63, 3.8) is 0 Å². The number of piperidine rings is 1. The molecule has 1 fully saturated rings. The summed E-state index contributed by atoms with van der Waals surface area (Å²) in [7, 11) is 0. The number of nitrogens with two attached hydrogens (primary N) is 1. The summed E-state index contributed by atoms with van der Waals surface area (Å²) in [6, 6.07) is 4.73. The summed E-state index contributed by atoms with van der Waals surface area (Å²) in [4.78, 5) is 13.1. The van der Waals surface area contributed by atoms with Crippen LogP contribution in [0.1, 0.15) is 18.4 Å². The minimum Gasteiger partial charge on any atom is -0.379 e. The number of hydrogen-bond acceptors (Lipinski definition) is 3. The van der Waals surface area contributed by atoms with Crippen molar-refractivity contribution in [2.24, 2.45) is 5.73 Å². The number of carbonyl (C=O) groups excluding carboxylic acids is 1. The third kappa shape index (κ3) is 3.32. The Morgan fingerprint density at radius 3 is 3.00 bits per heavy atom. The maximum atomic E-state index is 13.7. The van der Waals surface area contributed by atoms with E-state index >= 15 is 0 Å². The number of amides is 1. The van der Waals surface area contributed by atoms with Crippen molar-refractivity contribution in [1.29, 1.82) is 0 Å². The van der Waals surface area contributed by atoms with Gasteiger partial charge in [-0.15, -0.1) is 0 Å². The molecule has 1 aliphatic rings. The van der Waals surface area contributed by atoms with Gasteiger partial charge in [-0.3, -0.25) is 9.69 Å². The highest BCUT2D eigenvalue weighted by atomic mass is 79.9. The SMILES string of the molecule is NC(=O)C1(O)CCCN(Cc2cc(Br)ccc2F)C1. The molecule has 3 N–H and O–H groups in total. The van der Waals surface area contributed by atoms with Gasteiger partial charge in [-0.1, -0.05) is 15.9 Å². The van der Waals surface area contributed by atoms with E-state index < -0.39 is 11.5 Å². The summed E-state index contributed by atoms with van der Waals surface area (Å²) in [6.45, 7) is 1.21. The largest absolute Gasteiger partial charge is 0.379 e. The molecule has 1 heterocycles. The van der Waals surface area contributed by atoms with E-state index in [0.29, 0.717) is 31.5 Å². The van der Waals surface area contributed by atoms with Crippen LogP contribution in [0.4, 0.5) is 4.39 Å². The molecule has 4 nitrogen and oxygen atoms in total. The second-order valence-corrected chi connectivity index (χ2v) is 5.86. The number of halogens is 2. The predicted molar refractivity (Wildman–Crippen MR) is 72.8 cm³/mol. The van der Waals surface area contributed by atoms with Crippen LogP contribution < -0.4 is 5.73 Å². The number of primary amides is 1. The highest BCUT2D eigenvalue weighted by Gasteiger charge is 2.38. The zero-order chi connectivity index (χ0) is 14.0. The zero-order valence-electron chi connectivity index (χ0n) is 10.4. The summed E-state index contributed by atoms with van der Waals surface area (Å²) in [6.07, 6.45) is 1.02. The molecule has 1 aliphatic heterocycles. The number of aliphatic hydroxyl groups is 1. The van der Waals surface area contributed by atoms with Gasteiger partial charge in [-0.05, 0) is 37.6 Å². The first-order valence-corrected chi connectivity index (χ1v) is 6.88. The van der Waals surface area contributed by atoms with E-state index in [-0.39, 0.29) is 12.4 Å². The van der Waals surface area contributed by atoms with Gasteiger partial charge in [0.25, 0.3) is 5.91 Å². The van der Waals surface area contributed by atoms with E-state index in [1.165, 1.54) is 6.07 Å². The van der Waals surface area contributed by atoms with Crippen LogP contribution in [-0.2, 0) is 11.3 Å². The van der Waals surface area contributed by atoms with Crippen molar-refractivity contribution in [2.45, 2.75) is 25.0 Å². The van der Waals surface area contributed by atoms with Crippen molar-refractivity contribution in [3.05, 3.63) is 34.1 Å². The Hall–Kier alpha value is -0.980. The fraction of sp³-hybridized carbons (Fsp3) is 0.462. The van der Waals surface area contributed by atoms with Crippen LogP contribution in [0.5, 0.6) is 0 Å². The smallest absolute Gasteiger partial charge is 0.250 e. The minimum absolute atomic E-state index is 0.147. The van der Waals surface area contributed by atoms with Crippen molar-refractivity contribution in [1.82, 2.24) is 4.90 Å². The Morgan fingerprint density at radius 2 is 2.32 bits per heavy atom. The second kappa shape index (κ2) is 5.56. The lowest BCUT2D eigenvalue weighted by atomic mass is 9.92. The molecule has 1 amide bonds. The van der Waals surface area contributed by atoms with E-state index in [9.17, 15) is 14.3 Å². The number of rotatable bonds is 3. The molecule has 19 heavy (non-hydrogen) atoms. The van der Waals surface area contributed by atoms with Gasteiger partial charge in [0.15, 0.2) is 5.60 Å². The number of nitrogens with zero attached hydrogens (tertiary/aromatic N) is 1. The van der Waals surface area contributed by atoms with Crippen LogP contribution in [0.3, 0.4) is 0 Å². The first-order chi connectivity index (χ1) is 8.90. The summed E-state index contributed by atoms with van der Waals surface area (Å²) in [5.74, 6) is -1.01. The average Bonchev–Trinajstić information content (AvgIpc) is 2.34. The molecule has 6 heteroatoms. The summed E-state index contributed by atoms with van der Waals surface area (Å²) in [5, 5.41) is 10.1. The van der Waals surface area contributed by atoms with Crippen LogP contribution in [0.25, 0.3) is 0 Å². The fourth-order valence-electron chi connectivity index (χ4n) is 2.36. The van der Waals surface area contributed by atoms with Gasteiger partial charge in [-0.2, -0.15) is 0 Å². The van der Waals surface area contributed by atoms with E-state index in [4.69, 9.17) is 5.73 Å². The topological polar surface area (TPSA) is 66.6 Å². The zero-order valence-corrected chi connectivity index (χ0v) is 12.0. The van der Waals surface area contributed by atoms with Crippen LogP contribution in [0, 0.1) is 5.82 Å². The molecule has 0 bridgehead atoms. The van der Waals surface area contributed by atoms with Crippen molar-refractivity contribution in [3.8, 4) is 0 Å². The Bertz CT molecular complexity index is 498. The molecule has 1 atom stereocenters. The average molecular weight is 331 g/mol. The van der Waals surface area contributed by atoms with Crippen molar-refractivity contribution < 1.29 is 14.3 Å². The summed E-state index contributed by atoms with van der Waals surface area (Å²) >= 11 is 3.30. The van der Waals surface area contributed by atoms with Gasteiger partial charge in [-0.25, -0.2) is 4.39 Å². The highest BCUT2D eigenvalue weighted by molar-refractivity contribution is 9.10. The van der Waals surface area contributed by atoms with Gasteiger partial charge >= 0.3 is 0 Å². The first kappa shape index (κ1) is 14.4. The highest BCUT2D eigenvalue weighted by Crippen LogP contribution is 2.24. The van der Waals surface area contributed by atoms with Crippen LogP contribution in [0.2, 0.25) is 0 Å². The van der Waals surface area contributed by atoms with Gasteiger partial charge < -0.3 is 10.8 Å². The molecule has 0 aliphatic carbocycles. The van der Waals surface area contributed by atoms with Crippen LogP contribution in [-0.4, -0.2) is 34.6 Å². The Kier molecular flexibility index (Phi) is 4.23. The Balaban J connectivity index is 2.11. The first-order valence-electron chi connectivity index (χ1n) is 6.09. The Labute approximate surface area is 119 Å². The number of hydrogen-bond donors (Lipinski definition) is 2. The lowest BCUT2D eigenvalue weighted by Crippen LogP contribution is -2.55. The standard InChI is InChI=1S/C13H16BrFN2O2/c14-10-2-3-11(15)9(6-10)7-17-5-1-4-13(19,8-17)12(16)18/h2-3,6,19H,1,4-5,7-8H2,(H2,16,18). The number of benzene rings is 1. The quantitative estimate of drug-likeness (QED) is 0.880. The molecule has 2 rings (SSSR count). The molecule has 0 aromatic heterocycles. The van der Waals surface area contributed by atoms with E-state index in [1.54, 1.807) is 12.1 Å². The molecular formula is C13H16BrFN2O2. The van der Waals surface area contributed by atoms with Gasteiger partial charge in [0.1, 0.15) is 5.82 Å². The third-order valence-electron chi connectivity index (χ3n) is 3.41. The normalized spacial score (nSPS) is 24.4. The van der Waals surface area contributed by atoms with E-state index in [1.807, 2.05) is 4.90 Å².